The van der Waals surface area contributed by atoms with Crippen molar-refractivity contribution in [3.8, 4) is 0 Å². The Balaban J connectivity index is 1.70. The van der Waals surface area contributed by atoms with Crippen LogP contribution in [-0.2, 0) is 13.0 Å². The molecule has 1 aromatic carbocycles. The lowest BCUT2D eigenvalue weighted by Crippen LogP contribution is -2.36. The first-order valence-electron chi connectivity index (χ1n) is 6.41. The molecule has 20 heavy (non-hydrogen) atoms. The fraction of sp³-hybridized carbons (Fsp3) is 0.200. The SMILES string of the molecule is O=C(NCCc1ccccn1)NCc1ccccc1Cl. The minimum atomic E-state index is -0.208. The number of pyridine rings is 1. The summed E-state index contributed by atoms with van der Waals surface area (Å²) in [5.41, 5.74) is 1.85. The molecular weight excluding hydrogens is 274 g/mol. The topological polar surface area (TPSA) is 54.0 Å². The first kappa shape index (κ1) is 14.3. The lowest BCUT2D eigenvalue weighted by molar-refractivity contribution is 0.240. The van der Waals surface area contributed by atoms with Crippen LogP contribution in [0.3, 0.4) is 0 Å². The van der Waals surface area contributed by atoms with Crippen molar-refractivity contribution in [2.45, 2.75) is 13.0 Å². The van der Waals surface area contributed by atoms with E-state index >= 15 is 0 Å². The van der Waals surface area contributed by atoms with Crippen LogP contribution in [0, 0.1) is 0 Å². The maximum absolute atomic E-state index is 11.6. The lowest BCUT2D eigenvalue weighted by Gasteiger charge is -2.08. The van der Waals surface area contributed by atoms with E-state index in [1.807, 2.05) is 36.4 Å². The summed E-state index contributed by atoms with van der Waals surface area (Å²) in [5.74, 6) is 0. The Labute approximate surface area is 123 Å². The molecule has 1 heterocycles. The summed E-state index contributed by atoms with van der Waals surface area (Å²) in [6.07, 6.45) is 2.45. The van der Waals surface area contributed by atoms with Crippen molar-refractivity contribution in [3.63, 3.8) is 0 Å². The Bertz CT molecular complexity index is 560. The van der Waals surface area contributed by atoms with Gasteiger partial charge in [-0.25, -0.2) is 4.79 Å². The molecule has 2 N–H and O–H groups in total. The molecule has 0 spiro atoms. The summed E-state index contributed by atoms with van der Waals surface area (Å²) >= 11 is 6.01. The van der Waals surface area contributed by atoms with Gasteiger partial charge in [0.05, 0.1) is 0 Å². The predicted octanol–water partition coefficient (Wildman–Crippen LogP) is 2.78. The van der Waals surface area contributed by atoms with Crippen LogP contribution in [0.25, 0.3) is 0 Å². The van der Waals surface area contributed by atoms with E-state index in [-0.39, 0.29) is 6.03 Å². The van der Waals surface area contributed by atoms with Crippen LogP contribution in [0.5, 0.6) is 0 Å². The molecule has 0 aliphatic heterocycles. The highest BCUT2D eigenvalue weighted by Gasteiger charge is 2.02. The summed E-state index contributed by atoms with van der Waals surface area (Å²) in [5, 5.41) is 6.21. The van der Waals surface area contributed by atoms with Gasteiger partial charge in [-0.1, -0.05) is 35.9 Å². The fourth-order valence-corrected chi connectivity index (χ4v) is 1.93. The quantitative estimate of drug-likeness (QED) is 0.889. The molecule has 4 nitrogen and oxygen atoms in total. The molecule has 0 radical (unpaired) electrons. The molecule has 0 saturated heterocycles. The first-order chi connectivity index (χ1) is 9.75. The maximum atomic E-state index is 11.6. The van der Waals surface area contributed by atoms with Crippen molar-refractivity contribution in [2.75, 3.05) is 6.54 Å². The predicted molar refractivity (Wildman–Crippen MR) is 79.6 cm³/mol. The van der Waals surface area contributed by atoms with Gasteiger partial charge < -0.3 is 10.6 Å². The molecule has 2 rings (SSSR count). The molecule has 104 valence electrons. The summed E-state index contributed by atoms with van der Waals surface area (Å²) in [4.78, 5) is 15.8. The van der Waals surface area contributed by atoms with Crippen LogP contribution in [0.15, 0.2) is 48.7 Å². The zero-order valence-electron chi connectivity index (χ0n) is 11.0. The van der Waals surface area contributed by atoms with Crippen LogP contribution in [0.4, 0.5) is 4.79 Å². The minimum Gasteiger partial charge on any atom is -0.338 e. The van der Waals surface area contributed by atoms with Gasteiger partial charge >= 0.3 is 6.03 Å². The van der Waals surface area contributed by atoms with Gasteiger partial charge in [0.15, 0.2) is 0 Å². The highest BCUT2D eigenvalue weighted by Crippen LogP contribution is 2.13. The molecular formula is C15H16ClN3O. The number of carbonyl (C=O) groups is 1. The Morgan fingerprint density at radius 3 is 2.65 bits per heavy atom. The van der Waals surface area contributed by atoms with Gasteiger partial charge in [-0.15, -0.1) is 0 Å². The molecule has 0 aliphatic carbocycles. The third kappa shape index (κ3) is 4.55. The maximum Gasteiger partial charge on any atom is 0.315 e. The number of nitrogens with one attached hydrogen (secondary N) is 2. The Hall–Kier alpha value is -2.07. The van der Waals surface area contributed by atoms with E-state index in [0.29, 0.717) is 24.5 Å². The molecule has 0 bridgehead atoms. The van der Waals surface area contributed by atoms with Crippen LogP contribution >= 0.6 is 11.6 Å². The highest BCUT2D eigenvalue weighted by atomic mass is 35.5. The second-order valence-corrected chi connectivity index (χ2v) is 4.68. The van der Waals surface area contributed by atoms with Crippen molar-refractivity contribution < 1.29 is 4.79 Å². The Kier molecular flexibility index (Phi) is 5.38. The van der Waals surface area contributed by atoms with Crippen molar-refractivity contribution >= 4 is 17.6 Å². The average Bonchev–Trinajstić information content (AvgIpc) is 2.47. The van der Waals surface area contributed by atoms with Crippen LogP contribution in [0.1, 0.15) is 11.3 Å². The summed E-state index contributed by atoms with van der Waals surface area (Å²) in [6, 6.07) is 13.0. The number of urea groups is 1. The van der Waals surface area contributed by atoms with Crippen molar-refractivity contribution in [1.29, 1.82) is 0 Å². The number of benzene rings is 1. The minimum absolute atomic E-state index is 0.208. The summed E-state index contributed by atoms with van der Waals surface area (Å²) < 4.78 is 0. The Morgan fingerprint density at radius 2 is 1.90 bits per heavy atom. The molecule has 2 amide bonds. The van der Waals surface area contributed by atoms with E-state index in [2.05, 4.69) is 15.6 Å². The zero-order chi connectivity index (χ0) is 14.2. The second-order valence-electron chi connectivity index (χ2n) is 4.27. The van der Waals surface area contributed by atoms with Crippen molar-refractivity contribution in [2.24, 2.45) is 0 Å². The van der Waals surface area contributed by atoms with Gasteiger partial charge in [0.2, 0.25) is 0 Å². The molecule has 2 aromatic rings. The van der Waals surface area contributed by atoms with Gasteiger partial charge in [-0.3, -0.25) is 4.98 Å². The zero-order valence-corrected chi connectivity index (χ0v) is 11.7. The molecule has 0 saturated carbocycles. The first-order valence-corrected chi connectivity index (χ1v) is 6.78. The fourth-order valence-electron chi connectivity index (χ4n) is 1.73. The van der Waals surface area contributed by atoms with E-state index in [4.69, 9.17) is 11.6 Å². The third-order valence-corrected chi connectivity index (χ3v) is 3.16. The molecule has 5 heteroatoms. The molecule has 0 atom stereocenters. The molecule has 1 aromatic heterocycles. The van der Waals surface area contributed by atoms with E-state index < -0.39 is 0 Å². The highest BCUT2D eigenvalue weighted by molar-refractivity contribution is 6.31. The molecule has 0 aliphatic rings. The molecule has 0 unspecified atom stereocenters. The van der Waals surface area contributed by atoms with E-state index in [0.717, 1.165) is 11.3 Å². The number of rotatable bonds is 5. The van der Waals surface area contributed by atoms with Crippen LogP contribution < -0.4 is 10.6 Å². The van der Waals surface area contributed by atoms with Crippen molar-refractivity contribution in [1.82, 2.24) is 15.6 Å². The van der Waals surface area contributed by atoms with E-state index in [9.17, 15) is 4.79 Å². The number of hydrogen-bond acceptors (Lipinski definition) is 2. The normalized spacial score (nSPS) is 10.1. The number of halogens is 1. The third-order valence-electron chi connectivity index (χ3n) is 2.79. The number of carbonyl (C=O) groups excluding carboxylic acids is 1. The average molecular weight is 290 g/mol. The Morgan fingerprint density at radius 1 is 1.10 bits per heavy atom. The van der Waals surface area contributed by atoms with E-state index in [1.165, 1.54) is 0 Å². The van der Waals surface area contributed by atoms with Gasteiger partial charge in [0, 0.05) is 36.4 Å². The van der Waals surface area contributed by atoms with Gasteiger partial charge in [0.1, 0.15) is 0 Å². The monoisotopic (exact) mass is 289 g/mol. The van der Waals surface area contributed by atoms with E-state index in [1.54, 1.807) is 12.3 Å². The van der Waals surface area contributed by atoms with Crippen LogP contribution in [0.2, 0.25) is 5.02 Å². The summed E-state index contributed by atoms with van der Waals surface area (Å²) in [6.45, 7) is 0.959. The van der Waals surface area contributed by atoms with Gasteiger partial charge in [-0.05, 0) is 23.8 Å². The number of hydrogen-bond donors (Lipinski definition) is 2. The number of amides is 2. The summed E-state index contributed by atoms with van der Waals surface area (Å²) in [7, 11) is 0. The van der Waals surface area contributed by atoms with Gasteiger partial charge in [0.25, 0.3) is 0 Å². The van der Waals surface area contributed by atoms with Crippen LogP contribution in [-0.4, -0.2) is 17.6 Å². The largest absolute Gasteiger partial charge is 0.338 e. The standard InChI is InChI=1S/C15H16ClN3O/c16-14-7-2-1-5-12(14)11-19-15(20)18-10-8-13-6-3-4-9-17-13/h1-7,9H,8,10-11H2,(H2,18,19,20). The smallest absolute Gasteiger partial charge is 0.315 e. The second kappa shape index (κ2) is 7.50. The number of nitrogens with zero attached hydrogens (tertiary/aromatic N) is 1. The molecule has 0 fully saturated rings. The van der Waals surface area contributed by atoms with Crippen molar-refractivity contribution in [3.05, 3.63) is 64.9 Å². The van der Waals surface area contributed by atoms with Gasteiger partial charge in [-0.2, -0.15) is 0 Å². The number of aromatic nitrogens is 1. The lowest BCUT2D eigenvalue weighted by atomic mass is 10.2.